The second-order valence-corrected chi connectivity index (χ2v) is 4.68. The zero-order valence-electron chi connectivity index (χ0n) is 9.36. The second-order valence-electron chi connectivity index (χ2n) is 3.56. The maximum Gasteiger partial charge on any atom is 0.123 e. The Morgan fingerprint density at radius 1 is 1.47 bits per heavy atom. The van der Waals surface area contributed by atoms with E-state index in [0.29, 0.717) is 5.88 Å². The minimum atomic E-state index is 0.411. The van der Waals surface area contributed by atoms with E-state index in [1.54, 1.807) is 13.3 Å². The van der Waals surface area contributed by atoms with Crippen LogP contribution in [0.25, 0.3) is 0 Å². The Hall–Kier alpha value is -1.00. The van der Waals surface area contributed by atoms with E-state index in [2.05, 4.69) is 20.9 Å². The van der Waals surface area contributed by atoms with Gasteiger partial charge >= 0.3 is 0 Å². The molecular formula is C12H12BrClN2O. The molecule has 1 heterocycles. The molecule has 2 aromatic rings. The highest BCUT2D eigenvalue weighted by molar-refractivity contribution is 9.10. The molecule has 0 fully saturated rings. The van der Waals surface area contributed by atoms with Gasteiger partial charge in [0.1, 0.15) is 11.6 Å². The highest BCUT2D eigenvalue weighted by Crippen LogP contribution is 2.23. The second kappa shape index (κ2) is 5.56. The molecule has 5 heteroatoms. The molecule has 17 heavy (non-hydrogen) atoms. The van der Waals surface area contributed by atoms with Crippen molar-refractivity contribution in [3.63, 3.8) is 0 Å². The number of benzene rings is 1. The van der Waals surface area contributed by atoms with Crippen LogP contribution in [-0.2, 0) is 12.4 Å². The molecule has 0 saturated heterocycles. The Kier molecular flexibility index (Phi) is 4.07. The number of hydrogen-bond donors (Lipinski definition) is 0. The molecule has 0 atom stereocenters. The molecule has 0 saturated carbocycles. The fourth-order valence-corrected chi connectivity index (χ4v) is 2.19. The fourth-order valence-electron chi connectivity index (χ4n) is 1.60. The van der Waals surface area contributed by atoms with Crippen molar-refractivity contribution in [2.45, 2.75) is 12.4 Å². The highest BCUT2D eigenvalue weighted by atomic mass is 79.9. The number of hydrogen-bond acceptors (Lipinski definition) is 2. The van der Waals surface area contributed by atoms with Crippen LogP contribution in [0.5, 0.6) is 5.75 Å². The number of methoxy groups -OCH3 is 1. The maximum atomic E-state index is 5.82. The van der Waals surface area contributed by atoms with Gasteiger partial charge in [-0.1, -0.05) is 15.9 Å². The Bertz CT molecular complexity index is 513. The van der Waals surface area contributed by atoms with E-state index < -0.39 is 0 Å². The lowest BCUT2D eigenvalue weighted by atomic mass is 10.2. The van der Waals surface area contributed by atoms with Crippen LogP contribution in [0.2, 0.25) is 0 Å². The van der Waals surface area contributed by atoms with Gasteiger partial charge in [-0.3, -0.25) is 0 Å². The first kappa shape index (κ1) is 12.5. The van der Waals surface area contributed by atoms with Crippen molar-refractivity contribution >= 4 is 27.5 Å². The molecule has 0 unspecified atom stereocenters. The van der Waals surface area contributed by atoms with Gasteiger partial charge in [-0.05, 0) is 23.8 Å². The van der Waals surface area contributed by atoms with Crippen LogP contribution in [-0.4, -0.2) is 16.7 Å². The smallest absolute Gasteiger partial charge is 0.123 e. The molecule has 1 aromatic heterocycles. The largest absolute Gasteiger partial charge is 0.497 e. The summed E-state index contributed by atoms with van der Waals surface area (Å²) in [5.74, 6) is 2.12. The van der Waals surface area contributed by atoms with Crippen LogP contribution in [0.15, 0.2) is 35.1 Å². The first-order valence-corrected chi connectivity index (χ1v) is 6.45. The van der Waals surface area contributed by atoms with E-state index in [9.17, 15) is 0 Å². The summed E-state index contributed by atoms with van der Waals surface area (Å²) in [5, 5.41) is 0. The van der Waals surface area contributed by atoms with Crippen LogP contribution in [0.4, 0.5) is 0 Å². The van der Waals surface area contributed by atoms with Gasteiger partial charge in [0, 0.05) is 16.9 Å². The van der Waals surface area contributed by atoms with Crippen molar-refractivity contribution in [2.24, 2.45) is 0 Å². The molecule has 0 bridgehead atoms. The lowest BCUT2D eigenvalue weighted by molar-refractivity contribution is 0.414. The van der Waals surface area contributed by atoms with Crippen LogP contribution < -0.4 is 4.74 Å². The van der Waals surface area contributed by atoms with E-state index in [0.717, 1.165) is 28.2 Å². The Morgan fingerprint density at radius 2 is 2.29 bits per heavy atom. The van der Waals surface area contributed by atoms with Crippen molar-refractivity contribution in [1.82, 2.24) is 9.55 Å². The van der Waals surface area contributed by atoms with Gasteiger partial charge in [-0.15, -0.1) is 11.6 Å². The van der Waals surface area contributed by atoms with Gasteiger partial charge in [0.2, 0.25) is 0 Å². The van der Waals surface area contributed by atoms with Gasteiger partial charge in [0.05, 0.1) is 19.5 Å². The third-order valence-corrected chi connectivity index (χ3v) is 3.53. The summed E-state index contributed by atoms with van der Waals surface area (Å²) in [6.45, 7) is 0.722. The Labute approximate surface area is 114 Å². The number of imidazole rings is 1. The minimum absolute atomic E-state index is 0.411. The lowest BCUT2D eigenvalue weighted by Gasteiger charge is -2.09. The summed E-state index contributed by atoms with van der Waals surface area (Å²) >= 11 is 9.35. The average molecular weight is 316 g/mol. The third kappa shape index (κ3) is 2.82. The monoisotopic (exact) mass is 314 g/mol. The molecular weight excluding hydrogens is 304 g/mol. The first-order valence-electron chi connectivity index (χ1n) is 5.13. The third-order valence-electron chi connectivity index (χ3n) is 2.51. The lowest BCUT2D eigenvalue weighted by Crippen LogP contribution is -2.03. The van der Waals surface area contributed by atoms with Crippen LogP contribution in [0.1, 0.15) is 11.4 Å². The van der Waals surface area contributed by atoms with E-state index >= 15 is 0 Å². The molecule has 0 spiro atoms. The van der Waals surface area contributed by atoms with E-state index in [1.165, 1.54) is 0 Å². The molecule has 2 rings (SSSR count). The summed E-state index contributed by atoms with van der Waals surface area (Å²) < 4.78 is 8.28. The van der Waals surface area contributed by atoms with Crippen LogP contribution >= 0.6 is 27.5 Å². The Balaban J connectivity index is 2.29. The molecule has 0 aliphatic heterocycles. The summed E-state index contributed by atoms with van der Waals surface area (Å²) in [4.78, 5) is 4.19. The first-order chi connectivity index (χ1) is 8.24. The zero-order valence-corrected chi connectivity index (χ0v) is 11.7. The molecule has 0 radical (unpaired) electrons. The molecule has 90 valence electrons. The Morgan fingerprint density at radius 3 is 3.00 bits per heavy atom. The summed E-state index contributed by atoms with van der Waals surface area (Å²) in [7, 11) is 1.66. The predicted octanol–water partition coefficient (Wildman–Crippen LogP) is 3.44. The summed E-state index contributed by atoms with van der Waals surface area (Å²) in [5.41, 5.74) is 1.13. The van der Waals surface area contributed by atoms with Gasteiger partial charge < -0.3 is 9.30 Å². The number of ether oxygens (including phenoxy) is 1. The minimum Gasteiger partial charge on any atom is -0.497 e. The van der Waals surface area contributed by atoms with Crippen molar-refractivity contribution in [3.05, 3.63) is 46.5 Å². The topological polar surface area (TPSA) is 27.1 Å². The normalized spacial score (nSPS) is 10.5. The number of alkyl halides is 1. The number of nitrogens with zero attached hydrogens (tertiary/aromatic N) is 2. The van der Waals surface area contributed by atoms with Crippen molar-refractivity contribution in [3.8, 4) is 5.75 Å². The average Bonchev–Trinajstić information content (AvgIpc) is 2.79. The molecule has 0 N–H and O–H groups in total. The molecule has 0 aliphatic rings. The van der Waals surface area contributed by atoms with Gasteiger partial charge in [0.25, 0.3) is 0 Å². The van der Waals surface area contributed by atoms with Crippen LogP contribution in [0, 0.1) is 0 Å². The molecule has 1 aromatic carbocycles. The van der Waals surface area contributed by atoms with Crippen LogP contribution in [0.3, 0.4) is 0 Å². The number of aromatic nitrogens is 2. The highest BCUT2D eigenvalue weighted by Gasteiger charge is 2.06. The predicted molar refractivity (Wildman–Crippen MR) is 71.6 cm³/mol. The van der Waals surface area contributed by atoms with E-state index in [-0.39, 0.29) is 0 Å². The number of halogens is 2. The van der Waals surface area contributed by atoms with E-state index in [4.69, 9.17) is 16.3 Å². The summed E-state index contributed by atoms with van der Waals surface area (Å²) in [6, 6.07) is 5.90. The van der Waals surface area contributed by atoms with Crippen molar-refractivity contribution in [1.29, 1.82) is 0 Å². The summed E-state index contributed by atoms with van der Waals surface area (Å²) in [6.07, 6.45) is 3.68. The SMILES string of the molecule is COc1ccc(Br)c(Cn2ccnc2CCl)c1. The molecule has 3 nitrogen and oxygen atoms in total. The zero-order chi connectivity index (χ0) is 12.3. The van der Waals surface area contributed by atoms with Gasteiger partial charge in [-0.2, -0.15) is 0 Å². The number of rotatable bonds is 4. The maximum absolute atomic E-state index is 5.82. The molecule has 0 aliphatic carbocycles. The van der Waals surface area contributed by atoms with Crippen molar-refractivity contribution < 1.29 is 4.74 Å². The molecule has 0 amide bonds. The van der Waals surface area contributed by atoms with Gasteiger partial charge in [-0.25, -0.2) is 4.98 Å². The van der Waals surface area contributed by atoms with E-state index in [1.807, 2.05) is 29.0 Å². The van der Waals surface area contributed by atoms with Gasteiger partial charge in [0.15, 0.2) is 0 Å². The fraction of sp³-hybridized carbons (Fsp3) is 0.250. The standard InChI is InChI=1S/C12H12BrClN2O/c1-17-10-2-3-11(13)9(6-10)8-16-5-4-15-12(16)7-14/h2-6H,7-8H2,1H3. The quantitative estimate of drug-likeness (QED) is 0.808. The van der Waals surface area contributed by atoms with Crippen molar-refractivity contribution in [2.75, 3.05) is 7.11 Å².